The van der Waals surface area contributed by atoms with E-state index in [2.05, 4.69) is 10.3 Å². The summed E-state index contributed by atoms with van der Waals surface area (Å²) in [6, 6.07) is -0.434. The van der Waals surface area contributed by atoms with Crippen LogP contribution in [0.4, 0.5) is 5.00 Å². The van der Waals surface area contributed by atoms with Crippen LogP contribution >= 0.6 is 23.7 Å². The molecule has 0 saturated heterocycles. The quantitative estimate of drug-likeness (QED) is 0.859. The van der Waals surface area contributed by atoms with Crippen molar-refractivity contribution in [1.29, 1.82) is 0 Å². The minimum absolute atomic E-state index is 0. The van der Waals surface area contributed by atoms with Crippen molar-refractivity contribution >= 4 is 34.7 Å². The van der Waals surface area contributed by atoms with Gasteiger partial charge in [-0.1, -0.05) is 6.92 Å². The van der Waals surface area contributed by atoms with Crippen molar-refractivity contribution in [3.8, 4) is 0 Å². The lowest BCUT2D eigenvalue weighted by atomic mass is 10.2. The number of hydrogen-bond donors (Lipinski definition) is 2. The lowest BCUT2D eigenvalue weighted by Gasteiger charge is -2.08. The topological polar surface area (TPSA) is 68.0 Å². The molecule has 0 aliphatic heterocycles. The summed E-state index contributed by atoms with van der Waals surface area (Å²) >= 11 is 1.47. The maximum Gasteiger partial charge on any atom is 0.241 e. The number of nitrogens with two attached hydrogens (primary N) is 1. The smallest absolute Gasteiger partial charge is 0.241 e. The Bertz CT molecular complexity index is 340. The third-order valence-corrected chi connectivity index (χ3v) is 2.91. The first kappa shape index (κ1) is 14.3. The third kappa shape index (κ3) is 3.77. The second-order valence-corrected chi connectivity index (χ2v) is 4.35. The standard InChI is InChI=1S/C9H15N3OS.ClH/c1-4-7(10)8(13)12-9-5(2)11-6(3)14-9;/h7H,4,10H2,1-3H3,(H,12,13);1H/t7-;/m0./s1. The molecule has 1 aromatic heterocycles. The molecule has 0 aromatic carbocycles. The number of halogens is 1. The fourth-order valence-electron chi connectivity index (χ4n) is 1.04. The van der Waals surface area contributed by atoms with E-state index in [1.165, 1.54) is 11.3 Å². The summed E-state index contributed by atoms with van der Waals surface area (Å²) in [5, 5.41) is 4.52. The van der Waals surface area contributed by atoms with Gasteiger partial charge in [0, 0.05) is 0 Å². The highest BCUT2D eigenvalue weighted by Crippen LogP contribution is 2.23. The summed E-state index contributed by atoms with van der Waals surface area (Å²) in [6.07, 6.45) is 0.642. The molecule has 4 nitrogen and oxygen atoms in total. The van der Waals surface area contributed by atoms with Gasteiger partial charge < -0.3 is 11.1 Å². The van der Waals surface area contributed by atoms with Gasteiger partial charge in [-0.15, -0.1) is 23.7 Å². The summed E-state index contributed by atoms with van der Waals surface area (Å²) in [7, 11) is 0. The molecule has 1 rings (SSSR count). The lowest BCUT2D eigenvalue weighted by Crippen LogP contribution is -2.34. The van der Waals surface area contributed by atoms with Crippen LogP contribution < -0.4 is 11.1 Å². The molecule has 0 bridgehead atoms. The van der Waals surface area contributed by atoms with Crippen LogP contribution in [0.3, 0.4) is 0 Å². The molecule has 0 fully saturated rings. The molecule has 0 aliphatic rings. The maximum absolute atomic E-state index is 11.4. The van der Waals surface area contributed by atoms with Gasteiger partial charge in [0.15, 0.2) is 0 Å². The molecular weight excluding hydrogens is 234 g/mol. The van der Waals surface area contributed by atoms with E-state index in [0.717, 1.165) is 15.7 Å². The Balaban J connectivity index is 0.00000196. The lowest BCUT2D eigenvalue weighted by molar-refractivity contribution is -0.117. The second kappa shape index (κ2) is 6.05. The zero-order chi connectivity index (χ0) is 10.7. The first-order chi connectivity index (χ1) is 6.54. The van der Waals surface area contributed by atoms with E-state index in [9.17, 15) is 4.79 Å². The number of aromatic nitrogens is 1. The predicted octanol–water partition coefficient (Wildman–Crippen LogP) is 1.86. The van der Waals surface area contributed by atoms with Crippen LogP contribution in [-0.4, -0.2) is 16.9 Å². The first-order valence-electron chi connectivity index (χ1n) is 4.55. The fraction of sp³-hybridized carbons (Fsp3) is 0.556. The number of carbonyl (C=O) groups is 1. The van der Waals surface area contributed by atoms with Gasteiger partial charge >= 0.3 is 0 Å². The van der Waals surface area contributed by atoms with Crippen molar-refractivity contribution in [2.45, 2.75) is 33.2 Å². The molecule has 0 aliphatic carbocycles. The first-order valence-corrected chi connectivity index (χ1v) is 5.36. The molecule has 1 aromatic rings. The van der Waals surface area contributed by atoms with E-state index in [4.69, 9.17) is 5.73 Å². The van der Waals surface area contributed by atoms with E-state index >= 15 is 0 Å². The Morgan fingerprint density at radius 1 is 1.60 bits per heavy atom. The Kier molecular flexibility index (Phi) is 5.79. The summed E-state index contributed by atoms with van der Waals surface area (Å²) in [5.41, 5.74) is 6.44. The Morgan fingerprint density at radius 3 is 2.60 bits per heavy atom. The number of rotatable bonds is 3. The molecule has 0 spiro atoms. The number of anilines is 1. The van der Waals surface area contributed by atoms with Crippen LogP contribution in [0.1, 0.15) is 24.0 Å². The average molecular weight is 250 g/mol. The molecule has 1 heterocycles. The predicted molar refractivity (Wildman–Crippen MR) is 65.7 cm³/mol. The normalized spacial score (nSPS) is 11.7. The van der Waals surface area contributed by atoms with E-state index in [1.807, 2.05) is 20.8 Å². The molecule has 1 atom stereocenters. The largest absolute Gasteiger partial charge is 0.320 e. The number of nitrogens with zero attached hydrogens (tertiary/aromatic N) is 1. The summed E-state index contributed by atoms with van der Waals surface area (Å²) < 4.78 is 0. The highest BCUT2D eigenvalue weighted by atomic mass is 35.5. The van der Waals surface area contributed by atoms with Gasteiger partial charge in [-0.05, 0) is 20.3 Å². The van der Waals surface area contributed by atoms with Crippen molar-refractivity contribution in [3.05, 3.63) is 10.7 Å². The summed E-state index contributed by atoms with van der Waals surface area (Å²) in [5.74, 6) is -0.140. The van der Waals surface area contributed by atoms with Crippen molar-refractivity contribution in [2.24, 2.45) is 5.73 Å². The Hall–Kier alpha value is -0.650. The zero-order valence-corrected chi connectivity index (χ0v) is 10.7. The van der Waals surface area contributed by atoms with E-state index in [-0.39, 0.29) is 18.3 Å². The van der Waals surface area contributed by atoms with E-state index < -0.39 is 6.04 Å². The van der Waals surface area contributed by atoms with Crippen LogP contribution in [0.25, 0.3) is 0 Å². The number of thiazole rings is 1. The molecule has 6 heteroatoms. The van der Waals surface area contributed by atoms with Gasteiger partial charge in [-0.3, -0.25) is 4.79 Å². The van der Waals surface area contributed by atoms with E-state index in [1.54, 1.807) is 0 Å². The average Bonchev–Trinajstić information content (AvgIpc) is 2.44. The third-order valence-electron chi connectivity index (χ3n) is 1.92. The number of nitrogens with one attached hydrogen (secondary N) is 1. The van der Waals surface area contributed by atoms with Gasteiger partial charge in [-0.25, -0.2) is 4.98 Å². The minimum atomic E-state index is -0.434. The SMILES string of the molecule is CC[C@H](N)C(=O)Nc1sc(C)nc1C.Cl. The number of amides is 1. The second-order valence-electron chi connectivity index (χ2n) is 3.15. The molecule has 0 saturated carbocycles. The van der Waals surface area contributed by atoms with Crippen LogP contribution in [-0.2, 0) is 4.79 Å². The fourth-order valence-corrected chi connectivity index (χ4v) is 1.86. The minimum Gasteiger partial charge on any atom is -0.320 e. The highest BCUT2D eigenvalue weighted by Gasteiger charge is 2.13. The Morgan fingerprint density at radius 2 is 2.20 bits per heavy atom. The van der Waals surface area contributed by atoms with Gasteiger partial charge in [-0.2, -0.15) is 0 Å². The number of aryl methyl sites for hydroxylation is 2. The molecule has 3 N–H and O–H groups in total. The van der Waals surface area contributed by atoms with Crippen LogP contribution in [0, 0.1) is 13.8 Å². The highest BCUT2D eigenvalue weighted by molar-refractivity contribution is 7.16. The van der Waals surface area contributed by atoms with Gasteiger partial charge in [0.2, 0.25) is 5.91 Å². The molecule has 86 valence electrons. The molecular formula is C9H16ClN3OS. The monoisotopic (exact) mass is 249 g/mol. The number of hydrogen-bond acceptors (Lipinski definition) is 4. The van der Waals surface area contributed by atoms with Crippen molar-refractivity contribution in [1.82, 2.24) is 4.98 Å². The van der Waals surface area contributed by atoms with E-state index in [0.29, 0.717) is 6.42 Å². The van der Waals surface area contributed by atoms with Crippen LogP contribution in [0.5, 0.6) is 0 Å². The number of carbonyl (C=O) groups excluding carboxylic acids is 1. The van der Waals surface area contributed by atoms with Crippen molar-refractivity contribution < 1.29 is 4.79 Å². The van der Waals surface area contributed by atoms with Crippen LogP contribution in [0.15, 0.2) is 0 Å². The molecule has 15 heavy (non-hydrogen) atoms. The Labute approximate surface area is 99.7 Å². The molecule has 0 unspecified atom stereocenters. The van der Waals surface area contributed by atoms with Gasteiger partial charge in [0.05, 0.1) is 16.7 Å². The molecule has 1 amide bonds. The molecule has 0 radical (unpaired) electrons. The maximum atomic E-state index is 11.4. The summed E-state index contributed by atoms with van der Waals surface area (Å²) in [4.78, 5) is 15.7. The summed E-state index contributed by atoms with van der Waals surface area (Å²) in [6.45, 7) is 5.67. The van der Waals surface area contributed by atoms with Crippen molar-refractivity contribution in [3.63, 3.8) is 0 Å². The van der Waals surface area contributed by atoms with Crippen LogP contribution in [0.2, 0.25) is 0 Å². The van der Waals surface area contributed by atoms with Gasteiger partial charge in [0.25, 0.3) is 0 Å². The zero-order valence-electron chi connectivity index (χ0n) is 9.03. The van der Waals surface area contributed by atoms with Crippen molar-refractivity contribution in [2.75, 3.05) is 5.32 Å². The van der Waals surface area contributed by atoms with Gasteiger partial charge in [0.1, 0.15) is 5.00 Å².